The molecule has 1 rings (SSSR count). The number of nitrogens with one attached hydrogen (secondary N) is 1. The molecule has 0 bridgehead atoms. The Hall–Kier alpha value is -0.550. The van der Waals surface area contributed by atoms with Crippen molar-refractivity contribution in [3.05, 3.63) is 4.60 Å². The summed E-state index contributed by atoms with van der Waals surface area (Å²) < 4.78 is 31.9. The van der Waals surface area contributed by atoms with Gasteiger partial charge in [-0.3, -0.25) is 0 Å². The molecule has 0 spiro atoms. The molecular formula is C7H13BrN4O4S. The average molecular weight is 329 g/mol. The van der Waals surface area contributed by atoms with E-state index in [1.54, 1.807) is 0 Å². The Morgan fingerprint density at radius 3 is 2.76 bits per heavy atom. The maximum absolute atomic E-state index is 11.8. The lowest BCUT2D eigenvalue weighted by molar-refractivity contribution is 0.0679. The fourth-order valence-corrected chi connectivity index (χ4v) is 3.30. The van der Waals surface area contributed by atoms with Crippen LogP contribution in [0, 0.1) is 0 Å². The van der Waals surface area contributed by atoms with Gasteiger partial charge < -0.3 is 9.84 Å². The molecule has 0 amide bonds. The first-order valence-electron chi connectivity index (χ1n) is 4.60. The number of sulfonamides is 1. The Balaban J connectivity index is 2.76. The van der Waals surface area contributed by atoms with E-state index in [0.717, 1.165) is 4.68 Å². The lowest BCUT2D eigenvalue weighted by Gasteiger charge is -2.11. The van der Waals surface area contributed by atoms with Crippen LogP contribution in [0.2, 0.25) is 0 Å². The molecule has 1 atom stereocenters. The second-order valence-corrected chi connectivity index (χ2v) is 5.70. The van der Waals surface area contributed by atoms with E-state index in [9.17, 15) is 13.5 Å². The molecule has 0 fully saturated rings. The number of nitrogens with zero attached hydrogens (tertiary/aromatic N) is 3. The summed E-state index contributed by atoms with van der Waals surface area (Å²) >= 11 is 2.99. The van der Waals surface area contributed by atoms with E-state index < -0.39 is 16.1 Å². The molecule has 0 aliphatic heterocycles. The maximum atomic E-state index is 11.8. The number of ether oxygens (including phenoxy) is 1. The summed E-state index contributed by atoms with van der Waals surface area (Å²) in [6.45, 7) is -0.0961. The van der Waals surface area contributed by atoms with Crippen molar-refractivity contribution in [2.75, 3.05) is 20.3 Å². The molecule has 10 heteroatoms. The molecule has 0 saturated heterocycles. The summed E-state index contributed by atoms with van der Waals surface area (Å²) in [6, 6.07) is 0. The summed E-state index contributed by atoms with van der Waals surface area (Å²) in [5.41, 5.74) is 0. The fourth-order valence-electron chi connectivity index (χ4n) is 1.13. The van der Waals surface area contributed by atoms with Gasteiger partial charge in [0.25, 0.3) is 10.0 Å². The van der Waals surface area contributed by atoms with Gasteiger partial charge in [0.1, 0.15) is 0 Å². The molecule has 8 nitrogen and oxygen atoms in total. The van der Waals surface area contributed by atoms with Crippen molar-refractivity contribution in [1.29, 1.82) is 0 Å². The van der Waals surface area contributed by atoms with Crippen molar-refractivity contribution in [3.8, 4) is 0 Å². The topological polar surface area (TPSA) is 106 Å². The molecule has 0 saturated carbocycles. The molecule has 0 radical (unpaired) electrons. The van der Waals surface area contributed by atoms with Gasteiger partial charge in [-0.2, -0.15) is 0 Å². The van der Waals surface area contributed by atoms with Crippen molar-refractivity contribution < 1.29 is 18.3 Å². The van der Waals surface area contributed by atoms with E-state index in [-0.39, 0.29) is 22.8 Å². The summed E-state index contributed by atoms with van der Waals surface area (Å²) in [7, 11) is -0.894. The number of rotatable bonds is 6. The molecule has 1 aromatic heterocycles. The van der Waals surface area contributed by atoms with E-state index >= 15 is 0 Å². The average Bonchev–Trinajstić information content (AvgIpc) is 2.57. The quantitative estimate of drug-likeness (QED) is 0.684. The zero-order chi connectivity index (χ0) is 13.1. The number of halogens is 1. The minimum atomic E-state index is -3.77. The number of aryl methyl sites for hydroxylation is 1. The van der Waals surface area contributed by atoms with Crippen LogP contribution in [-0.4, -0.2) is 54.9 Å². The first kappa shape index (κ1) is 14.5. The van der Waals surface area contributed by atoms with E-state index in [2.05, 4.69) is 35.7 Å². The Morgan fingerprint density at radius 1 is 1.65 bits per heavy atom. The van der Waals surface area contributed by atoms with E-state index in [1.807, 2.05) is 0 Å². The smallest absolute Gasteiger partial charge is 0.260 e. The standard InChI is InChI=1S/C7H13BrN4O4S/c1-12-7(6(8)10-11-12)17(14,15)9-3-5(13)4-16-2/h5,9,13H,3-4H2,1-2H3. The molecular weight excluding hydrogens is 316 g/mol. The van der Waals surface area contributed by atoms with Crippen LogP contribution in [0.3, 0.4) is 0 Å². The van der Waals surface area contributed by atoms with E-state index in [1.165, 1.54) is 14.2 Å². The number of hydrogen-bond acceptors (Lipinski definition) is 6. The SMILES string of the molecule is COCC(O)CNS(=O)(=O)c1c(Br)nnn1C. The maximum Gasteiger partial charge on any atom is 0.260 e. The predicted octanol–water partition coefficient (Wildman–Crippen LogP) is -1.14. The highest BCUT2D eigenvalue weighted by molar-refractivity contribution is 9.10. The summed E-state index contributed by atoms with van der Waals surface area (Å²) in [4.78, 5) is 0. The summed E-state index contributed by atoms with van der Waals surface area (Å²) in [5.74, 6) is 0. The lowest BCUT2D eigenvalue weighted by atomic mass is 10.4. The van der Waals surface area contributed by atoms with Crippen LogP contribution in [0.5, 0.6) is 0 Å². The molecule has 1 unspecified atom stereocenters. The molecule has 0 aliphatic rings. The third-order valence-corrected chi connectivity index (χ3v) is 4.17. The van der Waals surface area contributed by atoms with Crippen LogP contribution in [0.4, 0.5) is 0 Å². The van der Waals surface area contributed by atoms with Gasteiger partial charge in [0.05, 0.1) is 12.7 Å². The second-order valence-electron chi connectivity index (χ2n) is 3.27. The number of aliphatic hydroxyl groups excluding tert-OH is 1. The molecule has 2 N–H and O–H groups in total. The van der Waals surface area contributed by atoms with Gasteiger partial charge in [-0.05, 0) is 15.9 Å². The highest BCUT2D eigenvalue weighted by atomic mass is 79.9. The van der Waals surface area contributed by atoms with Crippen LogP contribution in [0.15, 0.2) is 9.63 Å². The first-order valence-corrected chi connectivity index (χ1v) is 6.88. The predicted molar refractivity (Wildman–Crippen MR) is 61.8 cm³/mol. The van der Waals surface area contributed by atoms with E-state index in [4.69, 9.17) is 0 Å². The van der Waals surface area contributed by atoms with Gasteiger partial charge in [0, 0.05) is 20.7 Å². The monoisotopic (exact) mass is 328 g/mol. The minimum absolute atomic E-state index is 0.0489. The lowest BCUT2D eigenvalue weighted by Crippen LogP contribution is -2.35. The van der Waals surface area contributed by atoms with Crippen molar-refractivity contribution in [1.82, 2.24) is 19.7 Å². The molecule has 1 heterocycles. The minimum Gasteiger partial charge on any atom is -0.389 e. The third-order valence-electron chi connectivity index (χ3n) is 1.86. The third kappa shape index (κ3) is 3.71. The molecule has 1 aromatic rings. The highest BCUT2D eigenvalue weighted by Crippen LogP contribution is 2.17. The van der Waals surface area contributed by atoms with Crippen LogP contribution in [0.1, 0.15) is 0 Å². The fraction of sp³-hybridized carbons (Fsp3) is 0.714. The van der Waals surface area contributed by atoms with E-state index in [0.29, 0.717) is 0 Å². The van der Waals surface area contributed by atoms with Crippen LogP contribution >= 0.6 is 15.9 Å². The molecule has 0 aliphatic carbocycles. The van der Waals surface area contributed by atoms with Crippen LogP contribution in [0.25, 0.3) is 0 Å². The van der Waals surface area contributed by atoms with Crippen molar-refractivity contribution in [2.24, 2.45) is 7.05 Å². The number of methoxy groups -OCH3 is 1. The Morgan fingerprint density at radius 2 is 2.29 bits per heavy atom. The van der Waals surface area contributed by atoms with Gasteiger partial charge in [-0.1, -0.05) is 5.21 Å². The summed E-state index contributed by atoms with van der Waals surface area (Å²) in [5, 5.41) is 16.4. The number of aromatic nitrogens is 3. The molecule has 0 aromatic carbocycles. The van der Waals surface area contributed by atoms with Gasteiger partial charge in [-0.15, -0.1) is 5.10 Å². The van der Waals surface area contributed by atoms with Gasteiger partial charge in [0.2, 0.25) is 5.03 Å². The Kier molecular flexibility index (Phi) is 5.01. The molecule has 98 valence electrons. The second kappa shape index (κ2) is 5.87. The highest BCUT2D eigenvalue weighted by Gasteiger charge is 2.24. The normalized spacial score (nSPS) is 13.9. The van der Waals surface area contributed by atoms with Gasteiger partial charge in [0.15, 0.2) is 4.60 Å². The Labute approximate surface area is 107 Å². The number of hydrogen-bond donors (Lipinski definition) is 2. The van der Waals surface area contributed by atoms with Crippen molar-refractivity contribution in [3.63, 3.8) is 0 Å². The molecule has 17 heavy (non-hydrogen) atoms. The van der Waals surface area contributed by atoms with Crippen molar-refractivity contribution in [2.45, 2.75) is 11.1 Å². The first-order chi connectivity index (χ1) is 7.88. The summed E-state index contributed by atoms with van der Waals surface area (Å²) in [6.07, 6.45) is -0.908. The van der Waals surface area contributed by atoms with Gasteiger partial charge >= 0.3 is 0 Å². The Bertz CT molecular complexity index is 455. The zero-order valence-corrected chi connectivity index (χ0v) is 11.7. The largest absolute Gasteiger partial charge is 0.389 e. The zero-order valence-electron chi connectivity index (χ0n) is 9.29. The van der Waals surface area contributed by atoms with Crippen molar-refractivity contribution >= 4 is 26.0 Å². The van der Waals surface area contributed by atoms with Crippen LogP contribution in [-0.2, 0) is 21.8 Å². The van der Waals surface area contributed by atoms with Gasteiger partial charge in [-0.25, -0.2) is 17.8 Å². The number of aliphatic hydroxyl groups is 1. The van der Waals surface area contributed by atoms with Crippen LogP contribution < -0.4 is 4.72 Å².